The van der Waals surface area contributed by atoms with Crippen LogP contribution in [-0.2, 0) is 16.4 Å². The number of methoxy groups -OCH3 is 1. The van der Waals surface area contributed by atoms with Gasteiger partial charge in [0.15, 0.2) is 0 Å². The lowest BCUT2D eigenvalue weighted by Crippen LogP contribution is -2.19. The fraction of sp³-hybridized carbons (Fsp3) is 0.400. The van der Waals surface area contributed by atoms with Gasteiger partial charge in [0.05, 0.1) is 7.11 Å². The molecule has 7 heteroatoms. The third-order valence-corrected chi connectivity index (χ3v) is 3.02. The molecule has 1 atom stereocenters. The van der Waals surface area contributed by atoms with Gasteiger partial charge in [0.1, 0.15) is 10.6 Å². The number of primary sulfonamides is 1. The second-order valence-corrected chi connectivity index (χ2v) is 5.24. The van der Waals surface area contributed by atoms with Crippen molar-refractivity contribution in [3.05, 3.63) is 23.8 Å². The maximum atomic E-state index is 11.3. The summed E-state index contributed by atoms with van der Waals surface area (Å²) in [6.07, 6.45) is 0.590. The van der Waals surface area contributed by atoms with E-state index < -0.39 is 10.0 Å². The number of hydrogen-bond donors (Lipinski definition) is 2. The lowest BCUT2D eigenvalue weighted by molar-refractivity contribution is 0.402. The topological polar surface area (TPSA) is 95.4 Å². The van der Waals surface area contributed by atoms with E-state index in [1.807, 2.05) is 6.92 Å². The van der Waals surface area contributed by atoms with Gasteiger partial charge in [-0.05, 0) is 31.0 Å². The Bertz CT molecular complexity index is 474. The molecule has 0 unspecified atom stereocenters. The smallest absolute Gasteiger partial charge is 0.241 e. The zero-order valence-electron chi connectivity index (χ0n) is 9.71. The normalized spacial score (nSPS) is 12.7. The van der Waals surface area contributed by atoms with Gasteiger partial charge < -0.3 is 10.5 Å². The first kappa shape index (κ1) is 16.2. The van der Waals surface area contributed by atoms with Crippen molar-refractivity contribution < 1.29 is 13.2 Å². The van der Waals surface area contributed by atoms with Crippen LogP contribution in [0.4, 0.5) is 0 Å². The van der Waals surface area contributed by atoms with Gasteiger partial charge in [-0.25, -0.2) is 13.6 Å². The molecule has 0 saturated carbocycles. The van der Waals surface area contributed by atoms with Gasteiger partial charge >= 0.3 is 0 Å². The van der Waals surface area contributed by atoms with Crippen molar-refractivity contribution in [2.24, 2.45) is 10.9 Å². The number of benzene rings is 1. The minimum Gasteiger partial charge on any atom is -0.495 e. The zero-order chi connectivity index (χ0) is 12.3. The summed E-state index contributed by atoms with van der Waals surface area (Å²) in [6.45, 7) is 1.85. The molecule has 4 N–H and O–H groups in total. The highest BCUT2D eigenvalue weighted by atomic mass is 35.5. The average Bonchev–Trinajstić information content (AvgIpc) is 2.15. The lowest BCUT2D eigenvalue weighted by Gasteiger charge is -2.10. The van der Waals surface area contributed by atoms with Crippen molar-refractivity contribution in [3.8, 4) is 5.75 Å². The van der Waals surface area contributed by atoms with E-state index in [9.17, 15) is 8.42 Å². The van der Waals surface area contributed by atoms with Crippen LogP contribution in [0.25, 0.3) is 0 Å². The SMILES string of the molecule is COc1ccc(C[C@@H](C)N)cc1S(N)(=O)=O.Cl. The summed E-state index contributed by atoms with van der Waals surface area (Å²) < 4.78 is 27.6. The molecule has 0 radical (unpaired) electrons. The Morgan fingerprint density at radius 1 is 1.41 bits per heavy atom. The summed E-state index contributed by atoms with van der Waals surface area (Å²) in [4.78, 5) is -0.00634. The Kier molecular flexibility index (Phi) is 5.91. The molecule has 0 aliphatic rings. The molecule has 5 nitrogen and oxygen atoms in total. The summed E-state index contributed by atoms with van der Waals surface area (Å²) in [5.74, 6) is 0.246. The molecule has 1 aromatic rings. The summed E-state index contributed by atoms with van der Waals surface area (Å²) in [5.41, 5.74) is 6.46. The summed E-state index contributed by atoms with van der Waals surface area (Å²) in [6, 6.07) is 4.81. The van der Waals surface area contributed by atoms with Gasteiger partial charge in [-0.3, -0.25) is 0 Å². The maximum absolute atomic E-state index is 11.3. The Labute approximate surface area is 108 Å². The molecule has 0 aliphatic heterocycles. The van der Waals surface area contributed by atoms with Crippen LogP contribution in [0.5, 0.6) is 5.75 Å². The monoisotopic (exact) mass is 280 g/mol. The van der Waals surface area contributed by atoms with E-state index in [4.69, 9.17) is 15.6 Å². The van der Waals surface area contributed by atoms with Crippen LogP contribution in [0.2, 0.25) is 0 Å². The third kappa shape index (κ3) is 4.51. The molecular formula is C10H17ClN2O3S. The highest BCUT2D eigenvalue weighted by Gasteiger charge is 2.15. The minimum atomic E-state index is -3.77. The zero-order valence-corrected chi connectivity index (χ0v) is 11.3. The van der Waals surface area contributed by atoms with Crippen molar-refractivity contribution in [1.82, 2.24) is 0 Å². The number of nitrogens with two attached hydrogens (primary N) is 2. The first-order valence-electron chi connectivity index (χ1n) is 4.80. The molecular weight excluding hydrogens is 264 g/mol. The Hall–Kier alpha value is -0.820. The van der Waals surface area contributed by atoms with Crippen LogP contribution in [0.15, 0.2) is 23.1 Å². The lowest BCUT2D eigenvalue weighted by atomic mass is 10.1. The number of sulfonamides is 1. The van der Waals surface area contributed by atoms with Gasteiger partial charge in [0, 0.05) is 6.04 Å². The minimum absolute atomic E-state index is 0. The summed E-state index contributed by atoms with van der Waals surface area (Å²) in [7, 11) is -2.37. The molecule has 1 aromatic carbocycles. The van der Waals surface area contributed by atoms with E-state index in [0.717, 1.165) is 5.56 Å². The van der Waals surface area contributed by atoms with Gasteiger partial charge in [0.2, 0.25) is 10.0 Å². The van der Waals surface area contributed by atoms with Crippen molar-refractivity contribution in [2.45, 2.75) is 24.3 Å². The van der Waals surface area contributed by atoms with Crippen LogP contribution in [0.1, 0.15) is 12.5 Å². The standard InChI is InChI=1S/C10H16N2O3S.ClH/c1-7(11)5-8-3-4-9(15-2)10(6-8)16(12,13)14;/h3-4,6-7H,5,11H2,1-2H3,(H2,12,13,14);1H/t7-;/m1./s1. The van der Waals surface area contributed by atoms with Gasteiger partial charge in [-0.1, -0.05) is 6.07 Å². The van der Waals surface area contributed by atoms with Crippen molar-refractivity contribution in [2.75, 3.05) is 7.11 Å². The quantitative estimate of drug-likeness (QED) is 0.847. The van der Waals surface area contributed by atoms with E-state index in [2.05, 4.69) is 0 Å². The predicted molar refractivity (Wildman–Crippen MR) is 69.0 cm³/mol. The Morgan fingerprint density at radius 3 is 2.41 bits per heavy atom. The fourth-order valence-electron chi connectivity index (χ4n) is 1.44. The van der Waals surface area contributed by atoms with E-state index in [1.54, 1.807) is 12.1 Å². The molecule has 0 heterocycles. The number of hydrogen-bond acceptors (Lipinski definition) is 4. The van der Waals surface area contributed by atoms with Crippen molar-refractivity contribution in [3.63, 3.8) is 0 Å². The Balaban J connectivity index is 0.00000256. The molecule has 0 saturated heterocycles. The van der Waals surface area contributed by atoms with E-state index in [0.29, 0.717) is 6.42 Å². The molecule has 0 fully saturated rings. The fourth-order valence-corrected chi connectivity index (χ4v) is 2.19. The van der Waals surface area contributed by atoms with E-state index in [-0.39, 0.29) is 29.1 Å². The largest absolute Gasteiger partial charge is 0.495 e. The first-order valence-corrected chi connectivity index (χ1v) is 6.34. The number of halogens is 1. The third-order valence-electron chi connectivity index (χ3n) is 2.09. The van der Waals surface area contributed by atoms with Crippen LogP contribution in [-0.4, -0.2) is 21.6 Å². The maximum Gasteiger partial charge on any atom is 0.241 e. The summed E-state index contributed by atoms with van der Waals surface area (Å²) >= 11 is 0. The van der Waals surface area contributed by atoms with Crippen LogP contribution in [0.3, 0.4) is 0 Å². The highest BCUT2D eigenvalue weighted by molar-refractivity contribution is 7.89. The van der Waals surface area contributed by atoms with Gasteiger partial charge in [-0.2, -0.15) is 0 Å². The van der Waals surface area contributed by atoms with Gasteiger partial charge in [-0.15, -0.1) is 12.4 Å². The van der Waals surface area contributed by atoms with Crippen molar-refractivity contribution in [1.29, 1.82) is 0 Å². The molecule has 98 valence electrons. The second kappa shape index (κ2) is 6.20. The van der Waals surface area contributed by atoms with Crippen molar-refractivity contribution >= 4 is 22.4 Å². The predicted octanol–water partition coefficient (Wildman–Crippen LogP) is 0.654. The molecule has 17 heavy (non-hydrogen) atoms. The van der Waals surface area contributed by atoms with Crippen LogP contribution < -0.4 is 15.6 Å². The molecule has 0 amide bonds. The molecule has 0 spiro atoms. The summed E-state index contributed by atoms with van der Waals surface area (Å²) in [5, 5.41) is 5.09. The molecule has 1 rings (SSSR count). The van der Waals surface area contributed by atoms with Crippen LogP contribution >= 0.6 is 12.4 Å². The molecule has 0 aliphatic carbocycles. The van der Waals surface area contributed by atoms with Gasteiger partial charge in [0.25, 0.3) is 0 Å². The van der Waals surface area contributed by atoms with E-state index >= 15 is 0 Å². The number of ether oxygens (including phenoxy) is 1. The first-order chi connectivity index (χ1) is 7.34. The average molecular weight is 281 g/mol. The molecule has 0 bridgehead atoms. The number of rotatable bonds is 4. The molecule has 0 aromatic heterocycles. The second-order valence-electron chi connectivity index (χ2n) is 3.71. The highest BCUT2D eigenvalue weighted by Crippen LogP contribution is 2.24. The Morgan fingerprint density at radius 2 is 2.00 bits per heavy atom. The van der Waals surface area contributed by atoms with E-state index in [1.165, 1.54) is 13.2 Å². The van der Waals surface area contributed by atoms with Crippen LogP contribution in [0, 0.1) is 0 Å².